The third kappa shape index (κ3) is 3.47. The van der Waals surface area contributed by atoms with Gasteiger partial charge in [-0.3, -0.25) is 4.79 Å². The first-order valence-electron chi connectivity index (χ1n) is 7.16. The minimum absolute atomic E-state index is 0.182. The van der Waals surface area contributed by atoms with Crippen LogP contribution in [0.4, 0.5) is 5.69 Å². The highest BCUT2D eigenvalue weighted by molar-refractivity contribution is 6.02. The molecular formula is C18H17NO3. The van der Waals surface area contributed by atoms with Crippen LogP contribution in [0.25, 0.3) is 6.08 Å². The zero-order chi connectivity index (χ0) is 15.4. The highest BCUT2D eigenvalue weighted by atomic mass is 16.6. The predicted molar refractivity (Wildman–Crippen MR) is 86.3 cm³/mol. The number of anilines is 1. The normalized spacial score (nSPS) is 13.1. The average molecular weight is 295 g/mol. The smallest absolute Gasteiger partial charge is 0.248 e. The summed E-state index contributed by atoms with van der Waals surface area (Å²) in [7, 11) is 0. The van der Waals surface area contributed by atoms with Crippen LogP contribution in [0.1, 0.15) is 11.1 Å². The van der Waals surface area contributed by atoms with Gasteiger partial charge in [-0.25, -0.2) is 0 Å². The van der Waals surface area contributed by atoms with Gasteiger partial charge in [-0.1, -0.05) is 29.8 Å². The van der Waals surface area contributed by atoms with Crippen molar-refractivity contribution in [3.63, 3.8) is 0 Å². The molecule has 3 rings (SSSR count). The largest absolute Gasteiger partial charge is 0.486 e. The van der Waals surface area contributed by atoms with Gasteiger partial charge in [0.05, 0.1) is 0 Å². The van der Waals surface area contributed by atoms with Gasteiger partial charge in [0.2, 0.25) is 5.91 Å². The Morgan fingerprint density at radius 1 is 1.09 bits per heavy atom. The number of nitrogens with one attached hydrogen (secondary N) is 1. The quantitative estimate of drug-likeness (QED) is 0.883. The molecule has 0 saturated carbocycles. The van der Waals surface area contributed by atoms with Crippen molar-refractivity contribution in [2.24, 2.45) is 0 Å². The number of aryl methyl sites for hydroxylation is 1. The Balaban J connectivity index is 1.66. The van der Waals surface area contributed by atoms with Gasteiger partial charge in [-0.15, -0.1) is 0 Å². The Bertz CT molecular complexity index is 722. The van der Waals surface area contributed by atoms with Crippen molar-refractivity contribution in [3.05, 3.63) is 59.7 Å². The van der Waals surface area contributed by atoms with Crippen molar-refractivity contribution in [2.45, 2.75) is 6.92 Å². The first-order valence-corrected chi connectivity index (χ1v) is 7.16. The summed E-state index contributed by atoms with van der Waals surface area (Å²) in [5.41, 5.74) is 2.84. The zero-order valence-corrected chi connectivity index (χ0v) is 12.3. The summed E-state index contributed by atoms with van der Waals surface area (Å²) < 4.78 is 10.9. The maximum absolute atomic E-state index is 12.0. The minimum Gasteiger partial charge on any atom is -0.486 e. The third-order valence-electron chi connectivity index (χ3n) is 3.28. The second-order valence-corrected chi connectivity index (χ2v) is 5.10. The van der Waals surface area contributed by atoms with Crippen LogP contribution in [0.2, 0.25) is 0 Å². The minimum atomic E-state index is -0.182. The van der Waals surface area contributed by atoms with E-state index in [4.69, 9.17) is 9.47 Å². The lowest BCUT2D eigenvalue weighted by atomic mass is 10.1. The lowest BCUT2D eigenvalue weighted by Gasteiger charge is -2.18. The number of hydrogen-bond donors (Lipinski definition) is 1. The topological polar surface area (TPSA) is 47.6 Å². The van der Waals surface area contributed by atoms with Crippen LogP contribution >= 0.6 is 0 Å². The van der Waals surface area contributed by atoms with E-state index in [0.29, 0.717) is 30.4 Å². The molecule has 0 radical (unpaired) electrons. The van der Waals surface area contributed by atoms with Crippen molar-refractivity contribution in [1.82, 2.24) is 0 Å². The first-order chi connectivity index (χ1) is 10.7. The van der Waals surface area contributed by atoms with E-state index in [-0.39, 0.29) is 5.91 Å². The molecule has 0 unspecified atom stereocenters. The molecule has 4 nitrogen and oxygen atoms in total. The summed E-state index contributed by atoms with van der Waals surface area (Å²) in [6, 6.07) is 13.3. The standard InChI is InChI=1S/C18H17NO3/c1-13-3-2-4-14(11-13)5-8-18(20)19-15-6-7-16-17(12-15)22-10-9-21-16/h2-8,11-12H,9-10H2,1H3,(H,19,20)/b8-5+. The van der Waals surface area contributed by atoms with Gasteiger partial charge in [-0.2, -0.15) is 0 Å². The summed E-state index contributed by atoms with van der Waals surface area (Å²) in [4.78, 5) is 12.0. The third-order valence-corrected chi connectivity index (χ3v) is 3.28. The van der Waals surface area contributed by atoms with Gasteiger partial charge in [0.15, 0.2) is 11.5 Å². The molecule has 2 aromatic carbocycles. The molecule has 0 aromatic heterocycles. The van der Waals surface area contributed by atoms with E-state index >= 15 is 0 Å². The lowest BCUT2D eigenvalue weighted by molar-refractivity contribution is -0.111. The molecule has 4 heteroatoms. The summed E-state index contributed by atoms with van der Waals surface area (Å²) in [5, 5.41) is 2.82. The highest BCUT2D eigenvalue weighted by Crippen LogP contribution is 2.32. The van der Waals surface area contributed by atoms with Crippen LogP contribution in [-0.4, -0.2) is 19.1 Å². The molecule has 0 spiro atoms. The number of carbonyl (C=O) groups is 1. The Kier molecular flexibility index (Phi) is 4.10. The SMILES string of the molecule is Cc1cccc(/C=C/C(=O)Nc2ccc3c(c2)OCCO3)c1. The van der Waals surface area contributed by atoms with E-state index in [1.54, 1.807) is 24.3 Å². The van der Waals surface area contributed by atoms with Crippen molar-refractivity contribution < 1.29 is 14.3 Å². The van der Waals surface area contributed by atoms with Crippen LogP contribution in [0.5, 0.6) is 11.5 Å². The summed E-state index contributed by atoms with van der Waals surface area (Å²) >= 11 is 0. The Hall–Kier alpha value is -2.75. The van der Waals surface area contributed by atoms with Crippen molar-refractivity contribution in [3.8, 4) is 11.5 Å². The molecule has 0 bridgehead atoms. The fourth-order valence-electron chi connectivity index (χ4n) is 2.25. The van der Waals surface area contributed by atoms with Crippen molar-refractivity contribution in [2.75, 3.05) is 18.5 Å². The molecule has 0 aliphatic carbocycles. The number of fused-ring (bicyclic) bond motifs is 1. The molecule has 1 amide bonds. The Labute approximate surface area is 129 Å². The molecule has 0 saturated heterocycles. The molecule has 112 valence electrons. The maximum Gasteiger partial charge on any atom is 0.248 e. The molecule has 1 aliphatic rings. The van der Waals surface area contributed by atoms with Crippen LogP contribution in [0.3, 0.4) is 0 Å². The fraction of sp³-hybridized carbons (Fsp3) is 0.167. The van der Waals surface area contributed by atoms with Crippen molar-refractivity contribution >= 4 is 17.7 Å². The van der Waals surface area contributed by atoms with Crippen LogP contribution in [-0.2, 0) is 4.79 Å². The van der Waals surface area contributed by atoms with E-state index in [1.807, 2.05) is 31.2 Å². The van der Waals surface area contributed by atoms with E-state index in [9.17, 15) is 4.79 Å². The molecule has 0 fully saturated rings. The number of benzene rings is 2. The van der Waals surface area contributed by atoms with Crippen LogP contribution in [0, 0.1) is 6.92 Å². The first kappa shape index (κ1) is 14.2. The van der Waals surface area contributed by atoms with Gasteiger partial charge in [-0.05, 0) is 30.7 Å². The average Bonchev–Trinajstić information content (AvgIpc) is 2.53. The fourth-order valence-corrected chi connectivity index (χ4v) is 2.25. The summed E-state index contributed by atoms with van der Waals surface area (Å²) in [6.07, 6.45) is 3.31. The predicted octanol–water partition coefficient (Wildman–Crippen LogP) is 3.42. The highest BCUT2D eigenvalue weighted by Gasteiger charge is 2.12. The number of amides is 1. The van der Waals surface area contributed by atoms with E-state index in [0.717, 1.165) is 11.1 Å². The van der Waals surface area contributed by atoms with E-state index in [2.05, 4.69) is 5.32 Å². The molecule has 1 N–H and O–H groups in total. The van der Waals surface area contributed by atoms with Gasteiger partial charge in [0.25, 0.3) is 0 Å². The maximum atomic E-state index is 12.0. The number of ether oxygens (including phenoxy) is 2. The number of rotatable bonds is 3. The van der Waals surface area contributed by atoms with E-state index in [1.165, 1.54) is 6.08 Å². The van der Waals surface area contributed by atoms with Gasteiger partial charge < -0.3 is 14.8 Å². The summed E-state index contributed by atoms with van der Waals surface area (Å²) in [6.45, 7) is 3.10. The van der Waals surface area contributed by atoms with Crippen LogP contribution < -0.4 is 14.8 Å². The number of carbonyl (C=O) groups excluding carboxylic acids is 1. The second kappa shape index (κ2) is 6.35. The Morgan fingerprint density at radius 3 is 2.73 bits per heavy atom. The second-order valence-electron chi connectivity index (χ2n) is 5.10. The lowest BCUT2D eigenvalue weighted by Crippen LogP contribution is -2.16. The number of hydrogen-bond acceptors (Lipinski definition) is 3. The van der Waals surface area contributed by atoms with Gasteiger partial charge >= 0.3 is 0 Å². The van der Waals surface area contributed by atoms with E-state index < -0.39 is 0 Å². The molecule has 22 heavy (non-hydrogen) atoms. The monoisotopic (exact) mass is 295 g/mol. The molecule has 2 aromatic rings. The molecule has 1 aliphatic heterocycles. The van der Waals surface area contributed by atoms with Gasteiger partial charge in [0.1, 0.15) is 13.2 Å². The van der Waals surface area contributed by atoms with Gasteiger partial charge in [0, 0.05) is 17.8 Å². The zero-order valence-electron chi connectivity index (χ0n) is 12.3. The molecule has 1 heterocycles. The van der Waals surface area contributed by atoms with Crippen LogP contribution in [0.15, 0.2) is 48.5 Å². The molecule has 0 atom stereocenters. The van der Waals surface area contributed by atoms with Crippen molar-refractivity contribution in [1.29, 1.82) is 0 Å². The Morgan fingerprint density at radius 2 is 1.91 bits per heavy atom. The summed E-state index contributed by atoms with van der Waals surface area (Å²) in [5.74, 6) is 1.18. The molecular weight excluding hydrogens is 278 g/mol.